The van der Waals surface area contributed by atoms with Crippen LogP contribution >= 0.6 is 0 Å². The number of nitrogens with two attached hydrogens (primary N) is 2. The van der Waals surface area contributed by atoms with Crippen molar-refractivity contribution < 1.29 is 12.9 Å². The zero-order valence-electron chi connectivity index (χ0n) is 11.0. The van der Waals surface area contributed by atoms with Crippen LogP contribution in [0.5, 0.6) is 0 Å². The molecular formula is C11H15N5O3S. The van der Waals surface area contributed by atoms with E-state index < -0.39 is 10.0 Å². The van der Waals surface area contributed by atoms with Crippen molar-refractivity contribution in [2.75, 3.05) is 11.1 Å². The maximum Gasteiger partial charge on any atom is 0.238 e. The molecule has 0 saturated heterocycles. The molecule has 108 valence electrons. The molecule has 0 aliphatic rings. The summed E-state index contributed by atoms with van der Waals surface area (Å²) >= 11 is 0. The number of primary sulfonamides is 1. The highest BCUT2D eigenvalue weighted by molar-refractivity contribution is 7.89. The smallest absolute Gasteiger partial charge is 0.238 e. The van der Waals surface area contributed by atoms with Crippen molar-refractivity contribution >= 4 is 21.4 Å². The number of nitrogens with zero attached hydrogens (tertiary/aromatic N) is 2. The van der Waals surface area contributed by atoms with Crippen molar-refractivity contribution in [2.45, 2.75) is 25.3 Å². The number of nitrogen functional groups attached to an aromatic ring is 1. The van der Waals surface area contributed by atoms with Crippen LogP contribution in [0.25, 0.3) is 0 Å². The molecule has 9 heteroatoms. The van der Waals surface area contributed by atoms with Crippen LogP contribution in [0.15, 0.2) is 21.6 Å². The molecule has 0 bridgehead atoms. The topological polar surface area (TPSA) is 137 Å². The first-order chi connectivity index (χ1) is 9.27. The van der Waals surface area contributed by atoms with Gasteiger partial charge in [-0.25, -0.2) is 13.6 Å². The third kappa shape index (κ3) is 3.06. The van der Waals surface area contributed by atoms with E-state index in [-0.39, 0.29) is 11.4 Å². The van der Waals surface area contributed by atoms with E-state index in [0.29, 0.717) is 28.7 Å². The second kappa shape index (κ2) is 5.10. The van der Waals surface area contributed by atoms with Crippen LogP contribution in [-0.4, -0.2) is 18.6 Å². The van der Waals surface area contributed by atoms with E-state index in [4.69, 9.17) is 15.4 Å². The molecule has 1 heterocycles. The first kappa shape index (κ1) is 14.3. The van der Waals surface area contributed by atoms with Gasteiger partial charge < -0.3 is 15.6 Å². The molecule has 0 unspecified atom stereocenters. The minimum atomic E-state index is -3.83. The maximum atomic E-state index is 11.5. The van der Waals surface area contributed by atoms with Crippen molar-refractivity contribution in [1.82, 2.24) is 10.1 Å². The molecule has 0 aliphatic carbocycles. The average Bonchev–Trinajstić information content (AvgIpc) is 2.74. The van der Waals surface area contributed by atoms with E-state index in [1.54, 1.807) is 19.9 Å². The second-order valence-corrected chi connectivity index (χ2v) is 5.85. The highest BCUT2D eigenvalue weighted by Gasteiger charge is 2.15. The van der Waals surface area contributed by atoms with Gasteiger partial charge in [-0.1, -0.05) is 5.16 Å². The van der Waals surface area contributed by atoms with Crippen LogP contribution in [0.3, 0.4) is 0 Å². The monoisotopic (exact) mass is 297 g/mol. The Kier molecular flexibility index (Phi) is 3.64. The zero-order chi connectivity index (χ0) is 14.9. The standard InChI is InChI=1S/C11H15N5O3S/c1-6-9(14-5-11-15-7(2)19-16-11)3-8(12)4-10(6)20(13,17)18/h3-4,14H,5,12H2,1-2H3,(H2,13,17,18). The summed E-state index contributed by atoms with van der Waals surface area (Å²) in [6.07, 6.45) is 0. The Morgan fingerprint density at radius 2 is 2.05 bits per heavy atom. The third-order valence-corrected chi connectivity index (χ3v) is 3.73. The van der Waals surface area contributed by atoms with Crippen molar-refractivity contribution in [2.24, 2.45) is 5.14 Å². The number of anilines is 2. The van der Waals surface area contributed by atoms with E-state index in [0.717, 1.165) is 0 Å². The fourth-order valence-electron chi connectivity index (χ4n) is 1.78. The third-order valence-electron chi connectivity index (χ3n) is 2.70. The number of benzene rings is 1. The minimum Gasteiger partial charge on any atom is -0.399 e. The van der Waals surface area contributed by atoms with Crippen LogP contribution in [0, 0.1) is 13.8 Å². The van der Waals surface area contributed by atoms with Gasteiger partial charge >= 0.3 is 0 Å². The zero-order valence-corrected chi connectivity index (χ0v) is 11.9. The molecule has 1 aromatic heterocycles. The van der Waals surface area contributed by atoms with Gasteiger partial charge in [0.1, 0.15) is 0 Å². The van der Waals surface area contributed by atoms with E-state index in [2.05, 4.69) is 15.5 Å². The van der Waals surface area contributed by atoms with Gasteiger partial charge in [0.2, 0.25) is 15.9 Å². The molecule has 0 fully saturated rings. The normalized spacial score (nSPS) is 11.6. The molecule has 0 atom stereocenters. The Balaban J connectivity index is 2.30. The quantitative estimate of drug-likeness (QED) is 0.700. The first-order valence-electron chi connectivity index (χ1n) is 5.73. The number of sulfonamides is 1. The molecule has 0 aliphatic heterocycles. The van der Waals surface area contributed by atoms with Gasteiger partial charge in [-0.2, -0.15) is 4.98 Å². The lowest BCUT2D eigenvalue weighted by Gasteiger charge is -2.12. The van der Waals surface area contributed by atoms with Gasteiger partial charge in [0.05, 0.1) is 11.4 Å². The number of hydrogen-bond donors (Lipinski definition) is 3. The van der Waals surface area contributed by atoms with E-state index in [9.17, 15) is 8.42 Å². The summed E-state index contributed by atoms with van der Waals surface area (Å²) in [7, 11) is -3.83. The summed E-state index contributed by atoms with van der Waals surface area (Å²) in [6.45, 7) is 3.61. The largest absolute Gasteiger partial charge is 0.399 e. The number of hydrogen-bond acceptors (Lipinski definition) is 7. The van der Waals surface area contributed by atoms with E-state index in [1.165, 1.54) is 6.07 Å². The summed E-state index contributed by atoms with van der Waals surface area (Å²) in [5.41, 5.74) is 7.03. The number of aromatic nitrogens is 2. The number of nitrogens with one attached hydrogen (secondary N) is 1. The second-order valence-electron chi connectivity index (χ2n) is 4.32. The average molecular weight is 297 g/mol. The molecule has 2 aromatic rings. The molecule has 0 amide bonds. The Morgan fingerprint density at radius 1 is 1.35 bits per heavy atom. The molecule has 8 nitrogen and oxygen atoms in total. The van der Waals surface area contributed by atoms with Gasteiger partial charge in [0.25, 0.3) is 0 Å². The number of aryl methyl sites for hydroxylation is 1. The summed E-state index contributed by atoms with van der Waals surface area (Å²) in [5, 5.41) is 11.9. The minimum absolute atomic E-state index is 0.00991. The SMILES string of the molecule is Cc1nc(CNc2cc(N)cc(S(N)(=O)=O)c2C)no1. The van der Waals surface area contributed by atoms with Crippen molar-refractivity contribution in [3.05, 3.63) is 29.4 Å². The van der Waals surface area contributed by atoms with Gasteiger partial charge in [-0.15, -0.1) is 0 Å². The van der Waals surface area contributed by atoms with E-state index >= 15 is 0 Å². The van der Waals surface area contributed by atoms with Gasteiger partial charge in [0.15, 0.2) is 5.82 Å². The Morgan fingerprint density at radius 3 is 2.60 bits per heavy atom. The molecule has 0 radical (unpaired) electrons. The van der Waals surface area contributed by atoms with Crippen molar-refractivity contribution in [3.8, 4) is 0 Å². The Labute approximate surface area is 116 Å². The summed E-state index contributed by atoms with van der Waals surface area (Å²) in [4.78, 5) is 4.02. The highest BCUT2D eigenvalue weighted by Crippen LogP contribution is 2.26. The van der Waals surface area contributed by atoms with Crippen LogP contribution < -0.4 is 16.2 Å². The van der Waals surface area contributed by atoms with Gasteiger partial charge in [-0.05, 0) is 24.6 Å². The summed E-state index contributed by atoms with van der Waals surface area (Å²) < 4.78 is 27.8. The molecule has 0 saturated carbocycles. The number of rotatable bonds is 4. The van der Waals surface area contributed by atoms with Crippen LogP contribution in [0.4, 0.5) is 11.4 Å². The predicted molar refractivity (Wildman–Crippen MR) is 73.3 cm³/mol. The van der Waals surface area contributed by atoms with Crippen molar-refractivity contribution in [1.29, 1.82) is 0 Å². The molecule has 2 rings (SSSR count). The summed E-state index contributed by atoms with van der Waals surface area (Å²) in [6, 6.07) is 2.95. The molecule has 20 heavy (non-hydrogen) atoms. The molecule has 0 spiro atoms. The van der Waals surface area contributed by atoms with Gasteiger partial charge in [0, 0.05) is 18.3 Å². The van der Waals surface area contributed by atoms with Crippen LogP contribution in [0.1, 0.15) is 17.3 Å². The molecule has 5 N–H and O–H groups in total. The van der Waals surface area contributed by atoms with Crippen LogP contribution in [-0.2, 0) is 16.6 Å². The lowest BCUT2D eigenvalue weighted by Crippen LogP contribution is -2.15. The highest BCUT2D eigenvalue weighted by atomic mass is 32.2. The van der Waals surface area contributed by atoms with E-state index in [1.807, 2.05) is 0 Å². The van der Waals surface area contributed by atoms with Gasteiger partial charge in [-0.3, -0.25) is 0 Å². The van der Waals surface area contributed by atoms with Crippen molar-refractivity contribution in [3.63, 3.8) is 0 Å². The fraction of sp³-hybridized carbons (Fsp3) is 0.273. The fourth-order valence-corrected chi connectivity index (χ4v) is 2.61. The first-order valence-corrected chi connectivity index (χ1v) is 7.28. The Hall–Kier alpha value is -2.13. The lowest BCUT2D eigenvalue weighted by molar-refractivity contribution is 0.388. The molecular weight excluding hydrogens is 282 g/mol. The van der Waals surface area contributed by atoms with Crippen LogP contribution in [0.2, 0.25) is 0 Å². The lowest BCUT2D eigenvalue weighted by atomic mass is 10.2. The molecule has 1 aromatic carbocycles. The maximum absolute atomic E-state index is 11.5. The predicted octanol–water partition coefficient (Wildman–Crippen LogP) is 0.528. The summed E-state index contributed by atoms with van der Waals surface area (Å²) in [5.74, 6) is 0.915. The Bertz CT molecular complexity index is 739.